The molecule has 1 aliphatic rings. The van der Waals surface area contributed by atoms with E-state index in [4.69, 9.17) is 0 Å². The topological polar surface area (TPSA) is 81.9 Å². The van der Waals surface area contributed by atoms with Gasteiger partial charge in [-0.25, -0.2) is 0 Å². The van der Waals surface area contributed by atoms with Gasteiger partial charge in [0.05, 0.1) is 17.2 Å². The van der Waals surface area contributed by atoms with Crippen LogP contribution in [0.1, 0.15) is 18.9 Å². The van der Waals surface area contributed by atoms with E-state index >= 15 is 0 Å². The second-order valence-electron chi connectivity index (χ2n) is 6.05. The molecule has 3 rings (SSSR count). The number of fused-ring (bicyclic) bond motifs is 1. The lowest BCUT2D eigenvalue weighted by molar-refractivity contribution is -0.125. The van der Waals surface area contributed by atoms with Crippen LogP contribution in [0, 0.1) is 23.2 Å². The number of hydrogen-bond donors (Lipinski definition) is 1. The van der Waals surface area contributed by atoms with Crippen molar-refractivity contribution in [3.8, 4) is 6.07 Å². The molecule has 0 radical (unpaired) electrons. The second kappa shape index (κ2) is 6.21. The van der Waals surface area contributed by atoms with E-state index in [1.165, 1.54) is 0 Å². The number of benzene rings is 1. The predicted molar refractivity (Wildman–Crippen MR) is 87.8 cm³/mol. The molecular formula is C17H19N5O. The standard InChI is InChI=1S/C17H19N5O/c1-11-7-13(17(23)19-2)10-22(9-11)14-4-3-12(8-18)15-16(14)21-6-5-20-15/h3-6,11,13H,7,9-10H2,1-2H3,(H,19,23)/t11-,13-/m0/s1. The first-order valence-electron chi connectivity index (χ1n) is 7.74. The van der Waals surface area contributed by atoms with Gasteiger partial charge in [0.2, 0.25) is 5.91 Å². The summed E-state index contributed by atoms with van der Waals surface area (Å²) in [5.74, 6) is 0.449. The number of nitriles is 1. The highest BCUT2D eigenvalue weighted by atomic mass is 16.1. The number of nitrogens with zero attached hydrogens (tertiary/aromatic N) is 4. The van der Waals surface area contributed by atoms with E-state index in [2.05, 4.69) is 33.2 Å². The fourth-order valence-corrected chi connectivity index (χ4v) is 3.33. The summed E-state index contributed by atoms with van der Waals surface area (Å²) in [7, 11) is 1.68. The fourth-order valence-electron chi connectivity index (χ4n) is 3.33. The summed E-state index contributed by atoms with van der Waals surface area (Å²) in [6.07, 6.45) is 4.12. The number of carbonyl (C=O) groups excluding carboxylic acids is 1. The van der Waals surface area contributed by atoms with E-state index in [-0.39, 0.29) is 11.8 Å². The molecule has 1 aromatic heterocycles. The maximum Gasteiger partial charge on any atom is 0.224 e. The Kier molecular flexibility index (Phi) is 4.11. The Hall–Kier alpha value is -2.68. The predicted octanol–water partition coefficient (Wildman–Crippen LogP) is 1.71. The Labute approximate surface area is 135 Å². The molecule has 0 aliphatic carbocycles. The largest absolute Gasteiger partial charge is 0.369 e. The van der Waals surface area contributed by atoms with Crippen molar-refractivity contribution in [3.63, 3.8) is 0 Å². The lowest BCUT2D eigenvalue weighted by Gasteiger charge is -2.37. The first kappa shape index (κ1) is 15.2. The highest BCUT2D eigenvalue weighted by Gasteiger charge is 2.30. The molecule has 118 valence electrons. The van der Waals surface area contributed by atoms with Gasteiger partial charge in [0, 0.05) is 32.5 Å². The highest BCUT2D eigenvalue weighted by Crippen LogP contribution is 2.31. The minimum Gasteiger partial charge on any atom is -0.369 e. The van der Waals surface area contributed by atoms with Gasteiger partial charge in [-0.1, -0.05) is 6.92 Å². The molecule has 0 spiro atoms. The third kappa shape index (κ3) is 2.82. The number of piperidine rings is 1. The van der Waals surface area contributed by atoms with Crippen LogP contribution in [0.15, 0.2) is 24.5 Å². The van der Waals surface area contributed by atoms with E-state index in [0.29, 0.717) is 23.5 Å². The Morgan fingerprint density at radius 2 is 2.04 bits per heavy atom. The summed E-state index contributed by atoms with van der Waals surface area (Å²) in [4.78, 5) is 23.0. The molecule has 1 amide bonds. The monoisotopic (exact) mass is 309 g/mol. The van der Waals surface area contributed by atoms with Gasteiger partial charge in [-0.3, -0.25) is 14.8 Å². The molecule has 23 heavy (non-hydrogen) atoms. The van der Waals surface area contributed by atoms with Crippen LogP contribution in [0.25, 0.3) is 11.0 Å². The Morgan fingerprint density at radius 1 is 1.30 bits per heavy atom. The van der Waals surface area contributed by atoms with Crippen molar-refractivity contribution in [2.45, 2.75) is 13.3 Å². The smallest absolute Gasteiger partial charge is 0.224 e. The van der Waals surface area contributed by atoms with Gasteiger partial charge < -0.3 is 10.2 Å². The molecule has 1 saturated heterocycles. The zero-order valence-electron chi connectivity index (χ0n) is 13.3. The van der Waals surface area contributed by atoms with Crippen LogP contribution in [0.2, 0.25) is 0 Å². The lowest BCUT2D eigenvalue weighted by atomic mass is 9.89. The normalized spacial score (nSPS) is 21.0. The van der Waals surface area contributed by atoms with Crippen molar-refractivity contribution < 1.29 is 4.79 Å². The number of rotatable bonds is 2. The van der Waals surface area contributed by atoms with Crippen LogP contribution in [0.3, 0.4) is 0 Å². The molecule has 2 aromatic rings. The molecular weight excluding hydrogens is 290 g/mol. The Balaban J connectivity index is 2.03. The molecule has 1 N–H and O–H groups in total. The third-order valence-electron chi connectivity index (χ3n) is 4.34. The summed E-state index contributed by atoms with van der Waals surface area (Å²) in [6.45, 7) is 3.67. The van der Waals surface area contributed by atoms with E-state index in [1.54, 1.807) is 25.5 Å². The fraction of sp³-hybridized carbons (Fsp3) is 0.412. The molecule has 1 aliphatic heterocycles. The first-order valence-corrected chi connectivity index (χ1v) is 7.74. The minimum absolute atomic E-state index is 0.0360. The highest BCUT2D eigenvalue weighted by molar-refractivity contribution is 5.92. The van der Waals surface area contributed by atoms with Gasteiger partial charge in [0.15, 0.2) is 0 Å². The zero-order valence-corrected chi connectivity index (χ0v) is 13.3. The van der Waals surface area contributed by atoms with E-state index in [1.807, 2.05) is 6.07 Å². The number of hydrogen-bond acceptors (Lipinski definition) is 5. The van der Waals surface area contributed by atoms with Crippen LogP contribution in [0.5, 0.6) is 0 Å². The van der Waals surface area contributed by atoms with E-state index < -0.39 is 0 Å². The van der Waals surface area contributed by atoms with Crippen LogP contribution >= 0.6 is 0 Å². The van der Waals surface area contributed by atoms with Crippen LogP contribution < -0.4 is 10.2 Å². The maximum atomic E-state index is 12.0. The van der Waals surface area contributed by atoms with E-state index in [9.17, 15) is 10.1 Å². The van der Waals surface area contributed by atoms with Crippen LogP contribution in [-0.4, -0.2) is 36.0 Å². The van der Waals surface area contributed by atoms with Crippen molar-refractivity contribution in [3.05, 3.63) is 30.1 Å². The summed E-state index contributed by atoms with van der Waals surface area (Å²) in [6, 6.07) is 5.85. The molecule has 0 bridgehead atoms. The van der Waals surface area contributed by atoms with Crippen molar-refractivity contribution in [1.29, 1.82) is 5.26 Å². The molecule has 6 nitrogen and oxygen atoms in total. The van der Waals surface area contributed by atoms with Gasteiger partial charge in [-0.2, -0.15) is 5.26 Å². The third-order valence-corrected chi connectivity index (χ3v) is 4.34. The van der Waals surface area contributed by atoms with Crippen LogP contribution in [0.4, 0.5) is 5.69 Å². The van der Waals surface area contributed by atoms with Gasteiger partial charge in [0.1, 0.15) is 17.1 Å². The first-order chi connectivity index (χ1) is 11.1. The summed E-state index contributed by atoms with van der Waals surface area (Å²) < 4.78 is 0. The van der Waals surface area contributed by atoms with Gasteiger partial charge in [0.25, 0.3) is 0 Å². The van der Waals surface area contributed by atoms with Gasteiger partial charge in [-0.15, -0.1) is 0 Å². The SMILES string of the molecule is CNC(=O)[C@H]1C[C@H](C)CN(c2ccc(C#N)c3nccnc23)C1. The molecule has 2 atom stereocenters. The number of nitrogens with one attached hydrogen (secondary N) is 1. The lowest BCUT2D eigenvalue weighted by Crippen LogP contribution is -2.45. The molecule has 1 aromatic carbocycles. The number of carbonyl (C=O) groups is 1. The van der Waals surface area contributed by atoms with Gasteiger partial charge >= 0.3 is 0 Å². The maximum absolute atomic E-state index is 12.0. The summed E-state index contributed by atoms with van der Waals surface area (Å²) in [5.41, 5.74) is 2.79. The molecule has 0 unspecified atom stereocenters. The Morgan fingerprint density at radius 3 is 2.74 bits per heavy atom. The number of amides is 1. The minimum atomic E-state index is -0.0360. The average Bonchev–Trinajstić information content (AvgIpc) is 2.59. The molecule has 2 heterocycles. The van der Waals surface area contributed by atoms with Crippen molar-refractivity contribution in [2.24, 2.45) is 11.8 Å². The summed E-state index contributed by atoms with van der Waals surface area (Å²) in [5, 5.41) is 12.0. The number of anilines is 1. The van der Waals surface area contributed by atoms with Crippen molar-refractivity contribution >= 4 is 22.6 Å². The Bertz CT molecular complexity index is 782. The zero-order chi connectivity index (χ0) is 16.4. The van der Waals surface area contributed by atoms with E-state index in [0.717, 1.165) is 24.2 Å². The van der Waals surface area contributed by atoms with Crippen molar-refractivity contribution in [2.75, 3.05) is 25.0 Å². The van der Waals surface area contributed by atoms with Crippen LogP contribution in [-0.2, 0) is 4.79 Å². The number of aromatic nitrogens is 2. The quantitative estimate of drug-likeness (QED) is 0.913. The second-order valence-corrected chi connectivity index (χ2v) is 6.05. The average molecular weight is 309 g/mol. The molecule has 0 saturated carbocycles. The molecule has 1 fully saturated rings. The summed E-state index contributed by atoms with van der Waals surface area (Å²) >= 11 is 0. The van der Waals surface area contributed by atoms with Gasteiger partial charge in [-0.05, 0) is 24.5 Å². The molecule has 6 heteroatoms. The van der Waals surface area contributed by atoms with Crippen molar-refractivity contribution in [1.82, 2.24) is 15.3 Å².